The summed E-state index contributed by atoms with van der Waals surface area (Å²) in [4.78, 5) is 16.5. The molecule has 5 nitrogen and oxygen atoms in total. The van der Waals surface area contributed by atoms with Gasteiger partial charge in [-0.2, -0.15) is 13.2 Å². The number of aromatic nitrogens is 1. The number of nitrogens with zero attached hydrogens (tertiary/aromatic N) is 2. The molecular weight excluding hydrogens is 337 g/mol. The third-order valence-corrected chi connectivity index (χ3v) is 3.41. The molecule has 2 aromatic rings. The standard InChI is InChI=1S/C17H17F3N2O3/c1-10(16(23)24)25-13-6-4-11(5-7-13)14-8-12(17(18,19)20)9-15(21-14)22(2)3/h4-10H,1-3H3,(H,23,24)/t10-/m0/s1. The number of hydrogen-bond acceptors (Lipinski definition) is 4. The van der Waals surface area contributed by atoms with Crippen molar-refractivity contribution in [2.75, 3.05) is 19.0 Å². The average Bonchev–Trinajstić information content (AvgIpc) is 2.54. The maximum absolute atomic E-state index is 13.1. The lowest BCUT2D eigenvalue weighted by molar-refractivity contribution is -0.144. The molecule has 1 atom stereocenters. The Morgan fingerprint density at radius 1 is 1.20 bits per heavy atom. The van der Waals surface area contributed by atoms with Crippen molar-refractivity contribution < 1.29 is 27.8 Å². The summed E-state index contributed by atoms with van der Waals surface area (Å²) in [7, 11) is 3.22. The van der Waals surface area contributed by atoms with Crippen LogP contribution < -0.4 is 9.64 Å². The van der Waals surface area contributed by atoms with Gasteiger partial charge in [-0.25, -0.2) is 9.78 Å². The van der Waals surface area contributed by atoms with Crippen LogP contribution in [-0.4, -0.2) is 36.3 Å². The first-order valence-corrected chi connectivity index (χ1v) is 7.34. The fourth-order valence-corrected chi connectivity index (χ4v) is 2.02. The zero-order valence-corrected chi connectivity index (χ0v) is 13.8. The van der Waals surface area contributed by atoms with Crippen LogP contribution in [0.1, 0.15) is 12.5 Å². The number of aliphatic carboxylic acids is 1. The van der Waals surface area contributed by atoms with Gasteiger partial charge in [0.25, 0.3) is 0 Å². The average molecular weight is 354 g/mol. The highest BCUT2D eigenvalue weighted by Gasteiger charge is 2.32. The molecule has 0 radical (unpaired) electrons. The Kier molecular flexibility index (Phi) is 5.20. The van der Waals surface area contributed by atoms with Gasteiger partial charge in [-0.1, -0.05) is 0 Å². The van der Waals surface area contributed by atoms with Gasteiger partial charge in [-0.15, -0.1) is 0 Å². The Morgan fingerprint density at radius 2 is 1.80 bits per heavy atom. The predicted octanol–water partition coefficient (Wildman–Crippen LogP) is 3.69. The number of hydrogen-bond donors (Lipinski definition) is 1. The van der Waals surface area contributed by atoms with Crippen molar-refractivity contribution in [2.24, 2.45) is 0 Å². The predicted molar refractivity (Wildman–Crippen MR) is 86.7 cm³/mol. The molecule has 1 aromatic heterocycles. The number of pyridine rings is 1. The summed E-state index contributed by atoms with van der Waals surface area (Å²) in [6, 6.07) is 8.01. The Labute approximate surface area is 142 Å². The molecule has 0 bridgehead atoms. The molecule has 1 aromatic carbocycles. The lowest BCUT2D eigenvalue weighted by Crippen LogP contribution is -2.22. The van der Waals surface area contributed by atoms with Gasteiger partial charge >= 0.3 is 12.1 Å². The van der Waals surface area contributed by atoms with Gasteiger partial charge in [0.05, 0.1) is 11.3 Å². The van der Waals surface area contributed by atoms with Crippen molar-refractivity contribution in [3.8, 4) is 17.0 Å². The number of carboxylic acid groups (broad SMARTS) is 1. The quantitative estimate of drug-likeness (QED) is 0.887. The molecule has 2 rings (SSSR count). The van der Waals surface area contributed by atoms with Gasteiger partial charge < -0.3 is 14.7 Å². The van der Waals surface area contributed by atoms with Crippen LogP contribution in [0.3, 0.4) is 0 Å². The first kappa shape index (κ1) is 18.6. The minimum atomic E-state index is -4.48. The summed E-state index contributed by atoms with van der Waals surface area (Å²) in [5, 5.41) is 8.82. The Bertz CT molecular complexity index is 759. The zero-order valence-electron chi connectivity index (χ0n) is 13.8. The lowest BCUT2D eigenvalue weighted by Gasteiger charge is -2.16. The van der Waals surface area contributed by atoms with E-state index in [1.807, 2.05) is 0 Å². The summed E-state index contributed by atoms with van der Waals surface area (Å²) < 4.78 is 44.5. The van der Waals surface area contributed by atoms with E-state index in [1.165, 1.54) is 36.1 Å². The Hall–Kier alpha value is -2.77. The van der Waals surface area contributed by atoms with E-state index in [0.717, 1.165) is 12.1 Å². The molecule has 0 aliphatic rings. The highest BCUT2D eigenvalue weighted by atomic mass is 19.4. The zero-order chi connectivity index (χ0) is 18.8. The van der Waals surface area contributed by atoms with Crippen LogP contribution >= 0.6 is 0 Å². The first-order chi connectivity index (χ1) is 11.6. The van der Waals surface area contributed by atoms with Crippen molar-refractivity contribution in [1.82, 2.24) is 4.98 Å². The first-order valence-electron chi connectivity index (χ1n) is 7.34. The van der Waals surface area contributed by atoms with Crippen LogP contribution in [0, 0.1) is 0 Å². The minimum Gasteiger partial charge on any atom is -0.479 e. The second kappa shape index (κ2) is 7.00. The number of ether oxygens (including phenoxy) is 1. The van der Waals surface area contributed by atoms with Gasteiger partial charge in [0.2, 0.25) is 0 Å². The van der Waals surface area contributed by atoms with Gasteiger partial charge in [0.15, 0.2) is 6.10 Å². The molecule has 8 heteroatoms. The molecule has 0 aliphatic heterocycles. The minimum absolute atomic E-state index is 0.163. The summed E-state index contributed by atoms with van der Waals surface area (Å²) in [5.41, 5.74) is -0.165. The second-order valence-electron chi connectivity index (χ2n) is 5.61. The molecule has 134 valence electrons. The van der Waals surface area contributed by atoms with E-state index in [1.54, 1.807) is 14.1 Å². The molecule has 25 heavy (non-hydrogen) atoms. The molecule has 0 fully saturated rings. The molecule has 1 heterocycles. The highest BCUT2D eigenvalue weighted by Crippen LogP contribution is 2.34. The highest BCUT2D eigenvalue weighted by molar-refractivity contribution is 5.72. The summed E-state index contributed by atoms with van der Waals surface area (Å²) in [6.45, 7) is 1.38. The van der Waals surface area contributed by atoms with Crippen molar-refractivity contribution in [1.29, 1.82) is 0 Å². The van der Waals surface area contributed by atoms with Crippen molar-refractivity contribution in [3.63, 3.8) is 0 Å². The molecule has 0 saturated carbocycles. The number of carbonyl (C=O) groups is 1. The van der Waals surface area contributed by atoms with Crippen LogP contribution in [0.25, 0.3) is 11.3 Å². The monoisotopic (exact) mass is 354 g/mol. The molecular formula is C17H17F3N2O3. The number of anilines is 1. The number of carboxylic acids is 1. The fraction of sp³-hybridized carbons (Fsp3) is 0.294. The second-order valence-corrected chi connectivity index (χ2v) is 5.61. The maximum Gasteiger partial charge on any atom is 0.416 e. The summed E-state index contributed by atoms with van der Waals surface area (Å²) in [5.74, 6) is -0.623. The number of rotatable bonds is 5. The van der Waals surface area contributed by atoms with E-state index in [0.29, 0.717) is 11.3 Å². The topological polar surface area (TPSA) is 62.7 Å². The van der Waals surface area contributed by atoms with E-state index in [2.05, 4.69) is 4.98 Å². The third-order valence-electron chi connectivity index (χ3n) is 3.41. The Morgan fingerprint density at radius 3 is 2.28 bits per heavy atom. The molecule has 0 amide bonds. The van der Waals surface area contributed by atoms with Crippen molar-refractivity contribution in [3.05, 3.63) is 42.0 Å². The van der Waals surface area contributed by atoms with Crippen LogP contribution in [0.5, 0.6) is 5.75 Å². The number of alkyl halides is 3. The van der Waals surface area contributed by atoms with Gasteiger partial charge in [0, 0.05) is 19.7 Å². The van der Waals surface area contributed by atoms with Gasteiger partial charge in [-0.3, -0.25) is 0 Å². The largest absolute Gasteiger partial charge is 0.479 e. The molecule has 0 saturated heterocycles. The van der Waals surface area contributed by atoms with E-state index in [4.69, 9.17) is 9.84 Å². The normalized spacial score (nSPS) is 12.6. The van der Waals surface area contributed by atoms with E-state index in [-0.39, 0.29) is 11.5 Å². The van der Waals surface area contributed by atoms with E-state index < -0.39 is 23.8 Å². The van der Waals surface area contributed by atoms with Crippen LogP contribution in [-0.2, 0) is 11.0 Å². The van der Waals surface area contributed by atoms with Crippen LogP contribution in [0.15, 0.2) is 36.4 Å². The summed E-state index contributed by atoms with van der Waals surface area (Å²) >= 11 is 0. The third kappa shape index (κ3) is 4.62. The fourth-order valence-electron chi connectivity index (χ4n) is 2.02. The lowest BCUT2D eigenvalue weighted by atomic mass is 10.1. The van der Waals surface area contributed by atoms with E-state index in [9.17, 15) is 18.0 Å². The van der Waals surface area contributed by atoms with Crippen LogP contribution in [0.2, 0.25) is 0 Å². The molecule has 0 unspecified atom stereocenters. The van der Waals surface area contributed by atoms with Crippen LogP contribution in [0.4, 0.5) is 19.0 Å². The SMILES string of the molecule is C[C@H](Oc1ccc(-c2cc(C(F)(F)F)cc(N(C)C)n2)cc1)C(=O)O. The molecule has 0 aliphatic carbocycles. The van der Waals surface area contributed by atoms with Gasteiger partial charge in [-0.05, 0) is 43.3 Å². The number of benzene rings is 1. The Balaban J connectivity index is 2.37. The van der Waals surface area contributed by atoms with Gasteiger partial charge in [0.1, 0.15) is 11.6 Å². The molecule has 1 N–H and O–H groups in total. The van der Waals surface area contributed by atoms with Crippen molar-refractivity contribution >= 4 is 11.8 Å². The smallest absolute Gasteiger partial charge is 0.416 e. The van der Waals surface area contributed by atoms with Crippen molar-refractivity contribution in [2.45, 2.75) is 19.2 Å². The molecule has 0 spiro atoms. The van der Waals surface area contributed by atoms with E-state index >= 15 is 0 Å². The summed E-state index contributed by atoms with van der Waals surface area (Å²) in [6.07, 6.45) is -5.51. The number of halogens is 3. The maximum atomic E-state index is 13.1.